The lowest BCUT2D eigenvalue weighted by atomic mass is 10.2. The highest BCUT2D eigenvalue weighted by Crippen LogP contribution is 2.01. The molecule has 0 spiro atoms. The van der Waals surface area contributed by atoms with Crippen LogP contribution in [-0.4, -0.2) is 5.91 Å². The third-order valence-electron chi connectivity index (χ3n) is 2.13. The maximum atomic E-state index is 11.9. The number of hydrogen-bond donors (Lipinski definition) is 1. The Morgan fingerprint density at radius 2 is 1.72 bits per heavy atom. The van der Waals surface area contributed by atoms with Crippen molar-refractivity contribution in [3.8, 4) is 0 Å². The van der Waals surface area contributed by atoms with Crippen molar-refractivity contribution in [3.05, 3.63) is 72.5 Å². The molecule has 0 aliphatic carbocycles. The molecule has 0 fully saturated rings. The summed E-state index contributed by atoms with van der Waals surface area (Å²) >= 11 is 0. The van der Waals surface area contributed by atoms with Gasteiger partial charge in [-0.2, -0.15) is 0 Å². The van der Waals surface area contributed by atoms with E-state index in [1.807, 2.05) is 51.2 Å². The Kier molecular flexibility index (Phi) is 8.92. The largest absolute Gasteiger partial charge is 0.322 e. The van der Waals surface area contributed by atoms with Crippen LogP contribution in [0.2, 0.25) is 0 Å². The lowest BCUT2D eigenvalue weighted by molar-refractivity contribution is -0.116. The molecule has 2 nitrogen and oxygen atoms in total. The van der Waals surface area contributed by atoms with Gasteiger partial charge in [-0.1, -0.05) is 49.1 Å². The average Bonchev–Trinajstić information content (AvgIpc) is 2.38. The summed E-state index contributed by atoms with van der Waals surface area (Å²) in [6.07, 6.45) is 16.3. The molecule has 0 aliphatic rings. The fourth-order valence-electron chi connectivity index (χ4n) is 1.16. The van der Waals surface area contributed by atoms with E-state index < -0.39 is 0 Å². The Morgan fingerprint density at radius 1 is 1.00 bits per heavy atom. The van der Waals surface area contributed by atoms with Gasteiger partial charge in [0.1, 0.15) is 0 Å². The van der Waals surface area contributed by atoms with E-state index in [1.165, 1.54) is 0 Å². The highest BCUT2D eigenvalue weighted by molar-refractivity contribution is 5.97. The van der Waals surface area contributed by atoms with Crippen molar-refractivity contribution in [3.63, 3.8) is 0 Å². The molecule has 0 bridgehead atoms. The summed E-state index contributed by atoms with van der Waals surface area (Å²) in [4.78, 5) is 11.9. The number of hydrogen-bond acceptors (Lipinski definition) is 1. The van der Waals surface area contributed by atoms with E-state index in [4.69, 9.17) is 0 Å². The lowest BCUT2D eigenvalue weighted by Gasteiger charge is -2.05. The van der Waals surface area contributed by atoms with Gasteiger partial charge in [-0.3, -0.25) is 4.79 Å². The van der Waals surface area contributed by atoms with Gasteiger partial charge in [0.25, 0.3) is 5.91 Å². The van der Waals surface area contributed by atoms with Gasteiger partial charge >= 0.3 is 0 Å². The topological polar surface area (TPSA) is 29.1 Å². The highest BCUT2D eigenvalue weighted by Gasteiger charge is 2.04. The van der Waals surface area contributed by atoms with E-state index in [2.05, 4.69) is 11.9 Å². The summed E-state index contributed by atoms with van der Waals surface area (Å²) in [5.41, 5.74) is 1.37. The van der Waals surface area contributed by atoms with Crippen molar-refractivity contribution in [1.82, 2.24) is 5.32 Å². The van der Waals surface area contributed by atoms with Crippen LogP contribution in [0.4, 0.5) is 0 Å². The molecule has 2 heteroatoms. The molecular weight excluding hydrogens is 222 g/mol. The van der Waals surface area contributed by atoms with Crippen LogP contribution in [0, 0.1) is 0 Å². The Bertz CT molecular complexity index is 420. The van der Waals surface area contributed by atoms with Crippen LogP contribution in [0.1, 0.15) is 20.8 Å². The van der Waals surface area contributed by atoms with Crippen LogP contribution in [0.15, 0.2) is 72.5 Å². The van der Waals surface area contributed by atoms with Gasteiger partial charge in [0.2, 0.25) is 0 Å². The van der Waals surface area contributed by atoms with Crippen molar-refractivity contribution in [2.45, 2.75) is 20.8 Å². The summed E-state index contributed by atoms with van der Waals surface area (Å²) in [6.45, 7) is 9.22. The Morgan fingerprint density at radius 3 is 2.22 bits per heavy atom. The van der Waals surface area contributed by atoms with Crippen LogP contribution in [0.3, 0.4) is 0 Å². The van der Waals surface area contributed by atoms with Crippen molar-refractivity contribution < 1.29 is 4.79 Å². The monoisotopic (exact) mass is 243 g/mol. The zero-order valence-electron chi connectivity index (χ0n) is 11.3. The molecule has 0 atom stereocenters. The molecule has 0 saturated heterocycles. The molecule has 0 radical (unpaired) electrons. The standard InChI is InChI=1S/C16H21NO/c1-5-9-11-13-15(8-4)17-16(18)14(7-3)12-10-6-2/h5-13H,2H2,1,3-4H3,(H,17,18)/b9-5-,12-10-,13-11-,14-7+,15-8+. The van der Waals surface area contributed by atoms with E-state index in [0.29, 0.717) is 5.57 Å². The van der Waals surface area contributed by atoms with Gasteiger partial charge in [0, 0.05) is 11.3 Å². The summed E-state index contributed by atoms with van der Waals surface area (Å²) in [5.74, 6) is -0.131. The molecule has 18 heavy (non-hydrogen) atoms. The van der Waals surface area contributed by atoms with Crippen molar-refractivity contribution >= 4 is 5.91 Å². The Hall–Kier alpha value is -2.09. The number of allylic oxidation sites excluding steroid dienone is 8. The molecule has 0 rings (SSSR count). The van der Waals surface area contributed by atoms with Crippen LogP contribution in [-0.2, 0) is 4.79 Å². The first-order valence-corrected chi connectivity index (χ1v) is 5.92. The molecule has 0 aliphatic heterocycles. The second kappa shape index (κ2) is 10.1. The van der Waals surface area contributed by atoms with Gasteiger partial charge in [-0.15, -0.1) is 0 Å². The van der Waals surface area contributed by atoms with Crippen molar-refractivity contribution in [1.29, 1.82) is 0 Å². The number of nitrogens with one attached hydrogen (secondary N) is 1. The zero-order chi connectivity index (χ0) is 13.8. The number of carbonyl (C=O) groups excluding carboxylic acids is 1. The summed E-state index contributed by atoms with van der Waals surface area (Å²) < 4.78 is 0. The maximum Gasteiger partial charge on any atom is 0.255 e. The SMILES string of the molecule is C=C/C=C\C(=C/C)C(=O)NC(/C=C\C=C/C)=C/C. The van der Waals surface area contributed by atoms with Crippen LogP contribution >= 0.6 is 0 Å². The number of amides is 1. The maximum absolute atomic E-state index is 11.9. The lowest BCUT2D eigenvalue weighted by Crippen LogP contribution is -2.22. The second-order valence-corrected chi connectivity index (χ2v) is 3.42. The van der Waals surface area contributed by atoms with Gasteiger partial charge < -0.3 is 5.32 Å². The van der Waals surface area contributed by atoms with Gasteiger partial charge in [-0.05, 0) is 32.9 Å². The molecule has 1 amide bonds. The summed E-state index contributed by atoms with van der Waals surface area (Å²) in [6, 6.07) is 0. The first-order chi connectivity index (χ1) is 8.69. The Balaban J connectivity index is 4.71. The van der Waals surface area contributed by atoms with E-state index in [1.54, 1.807) is 24.3 Å². The van der Waals surface area contributed by atoms with Crippen LogP contribution < -0.4 is 5.32 Å². The Labute approximate surface area is 110 Å². The fourth-order valence-corrected chi connectivity index (χ4v) is 1.16. The predicted octanol–water partition coefficient (Wildman–Crippen LogP) is 3.83. The van der Waals surface area contributed by atoms with E-state index in [-0.39, 0.29) is 5.91 Å². The third kappa shape index (κ3) is 6.48. The average molecular weight is 243 g/mol. The fraction of sp³-hybridized carbons (Fsp3) is 0.188. The smallest absolute Gasteiger partial charge is 0.255 e. The van der Waals surface area contributed by atoms with Crippen LogP contribution in [0.25, 0.3) is 0 Å². The minimum atomic E-state index is -0.131. The second-order valence-electron chi connectivity index (χ2n) is 3.42. The van der Waals surface area contributed by atoms with E-state index in [9.17, 15) is 4.79 Å². The van der Waals surface area contributed by atoms with Gasteiger partial charge in [-0.25, -0.2) is 0 Å². The quantitative estimate of drug-likeness (QED) is 0.557. The van der Waals surface area contributed by atoms with Crippen molar-refractivity contribution in [2.75, 3.05) is 0 Å². The third-order valence-corrected chi connectivity index (χ3v) is 2.13. The van der Waals surface area contributed by atoms with E-state index in [0.717, 1.165) is 5.70 Å². The summed E-state index contributed by atoms with van der Waals surface area (Å²) in [5, 5.41) is 2.83. The normalized spacial score (nSPS) is 13.7. The number of rotatable bonds is 6. The molecule has 0 heterocycles. The van der Waals surface area contributed by atoms with E-state index >= 15 is 0 Å². The highest BCUT2D eigenvalue weighted by atomic mass is 16.1. The van der Waals surface area contributed by atoms with Crippen molar-refractivity contribution in [2.24, 2.45) is 0 Å². The molecule has 0 unspecified atom stereocenters. The molecule has 0 aromatic rings. The van der Waals surface area contributed by atoms with Gasteiger partial charge in [0.15, 0.2) is 0 Å². The first kappa shape index (κ1) is 15.9. The zero-order valence-corrected chi connectivity index (χ0v) is 11.3. The number of carbonyl (C=O) groups is 1. The predicted molar refractivity (Wildman–Crippen MR) is 78.9 cm³/mol. The molecule has 0 saturated carbocycles. The van der Waals surface area contributed by atoms with Gasteiger partial charge in [0.05, 0.1) is 0 Å². The minimum absolute atomic E-state index is 0.131. The molecular formula is C16H21NO. The molecule has 1 N–H and O–H groups in total. The first-order valence-electron chi connectivity index (χ1n) is 5.92. The molecule has 96 valence electrons. The minimum Gasteiger partial charge on any atom is -0.322 e. The molecule has 0 aromatic heterocycles. The van der Waals surface area contributed by atoms with Crippen LogP contribution in [0.5, 0.6) is 0 Å². The summed E-state index contributed by atoms with van der Waals surface area (Å²) in [7, 11) is 0. The molecule has 0 aromatic carbocycles.